The summed E-state index contributed by atoms with van der Waals surface area (Å²) in [7, 11) is 1.92. The van der Waals surface area contributed by atoms with Gasteiger partial charge in [-0.1, -0.05) is 30.3 Å². The molecule has 7 nitrogen and oxygen atoms in total. The second-order valence-corrected chi connectivity index (χ2v) is 8.14. The van der Waals surface area contributed by atoms with Gasteiger partial charge >= 0.3 is 5.97 Å². The summed E-state index contributed by atoms with van der Waals surface area (Å²) in [5, 5.41) is 15.4. The Balaban J connectivity index is 1.55. The number of nitrogens with one attached hydrogen (secondary N) is 1. The number of carbonyl (C=O) groups is 1. The lowest BCUT2D eigenvalue weighted by atomic mass is 10.0. The molecular formula is C25H21N5O2. The number of hydrogen-bond donors (Lipinski definition) is 2. The van der Waals surface area contributed by atoms with Crippen LogP contribution in [0, 0.1) is 0 Å². The van der Waals surface area contributed by atoms with Crippen LogP contribution in [0.25, 0.3) is 33.3 Å². The van der Waals surface area contributed by atoms with Crippen molar-refractivity contribution in [2.75, 3.05) is 11.4 Å². The number of carboxylic acids is 1. The second-order valence-electron chi connectivity index (χ2n) is 8.14. The first-order valence-corrected chi connectivity index (χ1v) is 10.6. The summed E-state index contributed by atoms with van der Waals surface area (Å²) in [5.41, 5.74) is 7.64. The van der Waals surface area contributed by atoms with E-state index in [2.05, 4.69) is 57.3 Å². The molecule has 0 saturated heterocycles. The van der Waals surface area contributed by atoms with Crippen LogP contribution in [0.1, 0.15) is 22.3 Å². The van der Waals surface area contributed by atoms with E-state index in [4.69, 9.17) is 5.10 Å². The Kier molecular flexibility index (Phi) is 4.04. The number of nitrogens with zero attached hydrogens (tertiary/aromatic N) is 4. The molecule has 2 N–H and O–H groups in total. The Labute approximate surface area is 183 Å². The third kappa shape index (κ3) is 2.71. The van der Waals surface area contributed by atoms with Gasteiger partial charge in [-0.2, -0.15) is 5.10 Å². The third-order valence-corrected chi connectivity index (χ3v) is 6.25. The van der Waals surface area contributed by atoms with E-state index in [1.54, 1.807) is 0 Å². The van der Waals surface area contributed by atoms with E-state index in [-0.39, 0.29) is 5.56 Å². The molecule has 3 aromatic heterocycles. The van der Waals surface area contributed by atoms with Gasteiger partial charge in [0.05, 0.1) is 33.7 Å². The molecule has 0 amide bonds. The number of para-hydroxylation sites is 1. The zero-order valence-electron chi connectivity index (χ0n) is 17.5. The highest BCUT2D eigenvalue weighted by atomic mass is 16.4. The zero-order chi connectivity index (χ0) is 21.8. The van der Waals surface area contributed by atoms with Crippen molar-refractivity contribution in [2.24, 2.45) is 7.05 Å². The predicted molar refractivity (Wildman–Crippen MR) is 125 cm³/mol. The van der Waals surface area contributed by atoms with Crippen molar-refractivity contribution in [3.63, 3.8) is 0 Å². The third-order valence-electron chi connectivity index (χ3n) is 6.25. The molecule has 0 saturated carbocycles. The number of fused-ring (bicyclic) bond motifs is 3. The van der Waals surface area contributed by atoms with Crippen molar-refractivity contribution in [3.05, 3.63) is 71.9 Å². The molecule has 0 spiro atoms. The normalized spacial score (nSPS) is 13.6. The lowest BCUT2D eigenvalue weighted by Crippen LogP contribution is -2.24. The number of benzene rings is 2. The molecule has 158 valence electrons. The quantitative estimate of drug-likeness (QED) is 0.431. The fourth-order valence-electron chi connectivity index (χ4n) is 4.85. The molecule has 2 aromatic carbocycles. The van der Waals surface area contributed by atoms with Gasteiger partial charge in [0.25, 0.3) is 0 Å². The number of aromatic carboxylic acids is 1. The summed E-state index contributed by atoms with van der Waals surface area (Å²) in [6, 6.07) is 18.2. The summed E-state index contributed by atoms with van der Waals surface area (Å²) in [5.74, 6) is -0.980. The molecule has 0 atom stereocenters. The summed E-state index contributed by atoms with van der Waals surface area (Å²) < 4.78 is 1.86. The molecule has 1 aliphatic rings. The first kappa shape index (κ1) is 18.6. The van der Waals surface area contributed by atoms with Crippen molar-refractivity contribution in [1.82, 2.24) is 19.7 Å². The van der Waals surface area contributed by atoms with Gasteiger partial charge in [0.15, 0.2) is 0 Å². The van der Waals surface area contributed by atoms with Gasteiger partial charge in [-0.15, -0.1) is 0 Å². The Morgan fingerprint density at radius 2 is 1.94 bits per heavy atom. The largest absolute Gasteiger partial charge is 0.478 e. The van der Waals surface area contributed by atoms with E-state index in [9.17, 15) is 9.90 Å². The molecule has 32 heavy (non-hydrogen) atoms. The molecule has 4 heterocycles. The first-order chi connectivity index (χ1) is 15.6. The lowest BCUT2D eigenvalue weighted by Gasteiger charge is -2.31. The summed E-state index contributed by atoms with van der Waals surface area (Å²) >= 11 is 0. The second kappa shape index (κ2) is 6.95. The minimum Gasteiger partial charge on any atom is -0.478 e. The minimum atomic E-state index is -0.980. The van der Waals surface area contributed by atoms with Crippen LogP contribution >= 0.6 is 0 Å². The van der Waals surface area contributed by atoms with E-state index in [0.29, 0.717) is 11.0 Å². The van der Waals surface area contributed by atoms with Crippen LogP contribution in [0.15, 0.2) is 60.8 Å². The molecular weight excluding hydrogens is 402 g/mol. The van der Waals surface area contributed by atoms with Crippen LogP contribution in [-0.2, 0) is 13.5 Å². The number of aromatic nitrogens is 4. The van der Waals surface area contributed by atoms with E-state index in [0.717, 1.165) is 47.4 Å². The number of hydrogen-bond acceptors (Lipinski definition) is 4. The number of pyridine rings is 1. The van der Waals surface area contributed by atoms with Crippen LogP contribution in [0.5, 0.6) is 0 Å². The molecule has 7 heteroatoms. The number of rotatable bonds is 3. The first-order valence-electron chi connectivity index (χ1n) is 10.6. The van der Waals surface area contributed by atoms with Crippen LogP contribution in [0.3, 0.4) is 0 Å². The lowest BCUT2D eigenvalue weighted by molar-refractivity contribution is 0.0698. The van der Waals surface area contributed by atoms with Crippen LogP contribution < -0.4 is 4.90 Å². The van der Waals surface area contributed by atoms with Crippen molar-refractivity contribution >= 4 is 39.3 Å². The zero-order valence-corrected chi connectivity index (χ0v) is 17.5. The Bertz CT molecular complexity index is 1510. The van der Waals surface area contributed by atoms with Crippen LogP contribution in [0.4, 0.5) is 11.4 Å². The van der Waals surface area contributed by atoms with Crippen molar-refractivity contribution in [2.45, 2.75) is 12.8 Å². The molecule has 1 aliphatic heterocycles. The SMILES string of the molecule is Cn1nc2c(N3CCCc4ccccc43)cccc2c1-c1cc2nccc(C(=O)O)c2[nH]1. The molecule has 0 unspecified atom stereocenters. The van der Waals surface area contributed by atoms with Crippen molar-refractivity contribution < 1.29 is 9.90 Å². The average Bonchev–Trinajstić information content (AvgIpc) is 3.38. The standard InChI is InChI=1S/C25H21N5O2/c1-29-24(19-14-18-22(27-19)17(25(31)32)11-12-26-18)16-8-4-10-21(23(16)28-29)30-13-5-7-15-6-2-3-9-20(15)30/h2-4,6,8-12,14,27H,5,7,13H2,1H3,(H,31,32). The summed E-state index contributed by atoms with van der Waals surface area (Å²) in [6.07, 6.45) is 3.71. The molecule has 0 bridgehead atoms. The van der Waals surface area contributed by atoms with Crippen LogP contribution in [-0.4, -0.2) is 37.4 Å². The number of H-pyrrole nitrogens is 1. The van der Waals surface area contributed by atoms with Gasteiger partial charge in [-0.3, -0.25) is 9.67 Å². The fourth-order valence-corrected chi connectivity index (χ4v) is 4.85. The number of aromatic amines is 1. The van der Waals surface area contributed by atoms with E-state index in [1.165, 1.54) is 23.5 Å². The van der Waals surface area contributed by atoms with Gasteiger partial charge in [-0.05, 0) is 42.7 Å². The van der Waals surface area contributed by atoms with Crippen molar-refractivity contribution in [1.29, 1.82) is 0 Å². The highest BCUT2D eigenvalue weighted by Gasteiger charge is 2.23. The highest BCUT2D eigenvalue weighted by molar-refractivity contribution is 6.05. The topological polar surface area (TPSA) is 87.0 Å². The predicted octanol–water partition coefficient (Wildman–Crippen LogP) is 4.90. The Morgan fingerprint density at radius 1 is 1.09 bits per heavy atom. The van der Waals surface area contributed by atoms with Gasteiger partial charge in [0.1, 0.15) is 5.52 Å². The average molecular weight is 423 g/mol. The number of anilines is 2. The van der Waals surface area contributed by atoms with E-state index in [1.807, 2.05) is 17.8 Å². The van der Waals surface area contributed by atoms with Gasteiger partial charge in [0.2, 0.25) is 0 Å². The smallest absolute Gasteiger partial charge is 0.337 e. The maximum atomic E-state index is 11.6. The summed E-state index contributed by atoms with van der Waals surface area (Å²) in [6.45, 7) is 0.945. The Morgan fingerprint density at radius 3 is 2.81 bits per heavy atom. The maximum Gasteiger partial charge on any atom is 0.337 e. The van der Waals surface area contributed by atoms with Crippen LogP contribution in [0.2, 0.25) is 0 Å². The van der Waals surface area contributed by atoms with Crippen molar-refractivity contribution in [3.8, 4) is 11.4 Å². The molecule has 0 aliphatic carbocycles. The molecule has 6 rings (SSSR count). The molecule has 0 radical (unpaired) electrons. The molecule has 5 aromatic rings. The Hall–Kier alpha value is -4.13. The minimum absolute atomic E-state index is 0.207. The van der Waals surface area contributed by atoms with Gasteiger partial charge in [-0.25, -0.2) is 4.79 Å². The van der Waals surface area contributed by atoms with E-state index < -0.39 is 5.97 Å². The monoisotopic (exact) mass is 423 g/mol. The number of carboxylic acid groups (broad SMARTS) is 1. The van der Waals surface area contributed by atoms with Gasteiger partial charge in [0, 0.05) is 30.9 Å². The fraction of sp³-hybridized carbons (Fsp3) is 0.160. The number of aryl methyl sites for hydroxylation is 2. The van der Waals surface area contributed by atoms with Gasteiger partial charge < -0.3 is 15.0 Å². The highest BCUT2D eigenvalue weighted by Crippen LogP contribution is 2.39. The van der Waals surface area contributed by atoms with E-state index >= 15 is 0 Å². The molecule has 0 fully saturated rings. The maximum absolute atomic E-state index is 11.6. The summed E-state index contributed by atoms with van der Waals surface area (Å²) in [4.78, 5) is 21.6.